The van der Waals surface area contributed by atoms with Crippen LogP contribution in [0.4, 0.5) is 0 Å². The van der Waals surface area contributed by atoms with Gasteiger partial charge in [-0.25, -0.2) is 0 Å². The molecule has 0 atom stereocenters. The number of benzene rings is 2. The number of thiophene rings is 1. The van der Waals surface area contributed by atoms with Crippen LogP contribution in [0.1, 0.15) is 27.1 Å². The van der Waals surface area contributed by atoms with Crippen LogP contribution in [0.5, 0.6) is 0 Å². The molecule has 0 fully saturated rings. The molecule has 4 rings (SSSR count). The van der Waals surface area contributed by atoms with Gasteiger partial charge in [-0.15, -0.1) is 11.3 Å². The maximum atomic E-state index is 6.39. The normalized spacial score (nSPS) is 15.1. The Kier molecular flexibility index (Phi) is 4.02. The molecule has 0 radical (unpaired) electrons. The van der Waals surface area contributed by atoms with Crippen LogP contribution in [0.15, 0.2) is 53.9 Å². The zero-order chi connectivity index (χ0) is 15.8. The van der Waals surface area contributed by atoms with Gasteiger partial charge in [0.25, 0.3) is 0 Å². The van der Waals surface area contributed by atoms with E-state index in [9.17, 15) is 0 Å². The molecule has 1 heterocycles. The number of aryl methyl sites for hydroxylation is 2. The molecule has 1 aliphatic rings. The second-order valence-electron chi connectivity index (χ2n) is 5.64. The average Bonchev–Trinajstić information content (AvgIpc) is 2.96. The minimum Gasteiger partial charge on any atom is -0.148 e. The third-order valence-corrected chi connectivity index (χ3v) is 5.77. The fourth-order valence-corrected chi connectivity index (χ4v) is 4.45. The van der Waals surface area contributed by atoms with Crippen molar-refractivity contribution in [3.8, 4) is 0 Å². The summed E-state index contributed by atoms with van der Waals surface area (Å²) in [6.07, 6.45) is 4.36. The van der Waals surface area contributed by atoms with Crippen LogP contribution in [-0.4, -0.2) is 0 Å². The second kappa shape index (κ2) is 6.16. The molecule has 0 aliphatic heterocycles. The van der Waals surface area contributed by atoms with Gasteiger partial charge in [-0.2, -0.15) is 0 Å². The van der Waals surface area contributed by atoms with Crippen molar-refractivity contribution in [2.45, 2.75) is 12.8 Å². The number of fused-ring (bicyclic) bond motifs is 2. The predicted molar refractivity (Wildman–Crippen MR) is 102 cm³/mol. The lowest BCUT2D eigenvalue weighted by molar-refractivity contribution is 0.985. The van der Waals surface area contributed by atoms with Crippen molar-refractivity contribution >= 4 is 46.2 Å². The fourth-order valence-electron chi connectivity index (χ4n) is 3.10. The first-order valence-corrected chi connectivity index (χ1v) is 9.18. The van der Waals surface area contributed by atoms with Crippen LogP contribution in [0, 0.1) is 0 Å². The summed E-state index contributed by atoms with van der Waals surface area (Å²) in [4.78, 5) is 1.44. The van der Waals surface area contributed by atoms with Gasteiger partial charge in [0.1, 0.15) is 0 Å². The Morgan fingerprint density at radius 2 is 1.78 bits per heavy atom. The van der Waals surface area contributed by atoms with Crippen LogP contribution >= 0.6 is 34.5 Å². The van der Waals surface area contributed by atoms with Gasteiger partial charge < -0.3 is 0 Å². The highest BCUT2D eigenvalue weighted by Gasteiger charge is 2.19. The third-order valence-electron chi connectivity index (χ3n) is 4.23. The topological polar surface area (TPSA) is 0 Å². The van der Waals surface area contributed by atoms with Crippen LogP contribution in [0.3, 0.4) is 0 Å². The molecule has 3 aromatic rings. The molecule has 23 heavy (non-hydrogen) atoms. The largest absolute Gasteiger partial charge is 0.148 e. The van der Waals surface area contributed by atoms with E-state index in [0.29, 0.717) is 10.0 Å². The summed E-state index contributed by atoms with van der Waals surface area (Å²) < 4.78 is 0. The summed E-state index contributed by atoms with van der Waals surface area (Å²) in [6.45, 7) is 0. The van der Waals surface area contributed by atoms with E-state index >= 15 is 0 Å². The van der Waals surface area contributed by atoms with Crippen molar-refractivity contribution in [3.63, 3.8) is 0 Å². The Balaban J connectivity index is 1.95. The Hall–Kier alpha value is -1.54. The van der Waals surface area contributed by atoms with Gasteiger partial charge in [0.15, 0.2) is 0 Å². The minimum atomic E-state index is 0.662. The molecule has 0 saturated heterocycles. The summed E-state index contributed by atoms with van der Waals surface area (Å²) in [6, 6.07) is 16.5. The lowest BCUT2D eigenvalue weighted by Gasteiger charge is -2.10. The van der Waals surface area contributed by atoms with Crippen molar-refractivity contribution in [3.05, 3.63) is 91.1 Å². The van der Waals surface area contributed by atoms with E-state index in [-0.39, 0.29) is 0 Å². The number of hydrogen-bond donors (Lipinski definition) is 0. The lowest BCUT2D eigenvalue weighted by Crippen LogP contribution is -1.91. The van der Waals surface area contributed by atoms with Gasteiger partial charge in [0.2, 0.25) is 0 Å². The van der Waals surface area contributed by atoms with Crippen LogP contribution < -0.4 is 0 Å². The minimum absolute atomic E-state index is 0.662. The van der Waals surface area contributed by atoms with E-state index < -0.39 is 0 Å². The molecule has 0 spiro atoms. The van der Waals surface area contributed by atoms with Gasteiger partial charge in [-0.3, -0.25) is 0 Å². The number of rotatable bonds is 1. The van der Waals surface area contributed by atoms with Gasteiger partial charge in [0.05, 0.1) is 0 Å². The SMILES string of the molecule is Clc1ccc(/C=C2/c3ccccc3CCc3sccc32)c(Cl)c1. The van der Waals surface area contributed by atoms with Crippen molar-refractivity contribution in [2.24, 2.45) is 0 Å². The second-order valence-corrected chi connectivity index (χ2v) is 7.48. The molecular formula is C20H14Cl2S. The summed E-state index contributed by atoms with van der Waals surface area (Å²) in [5, 5.41) is 3.52. The van der Waals surface area contributed by atoms with E-state index in [1.807, 2.05) is 23.5 Å². The molecule has 2 aromatic carbocycles. The first-order chi connectivity index (χ1) is 11.2. The summed E-state index contributed by atoms with van der Waals surface area (Å²) in [5.74, 6) is 0. The zero-order valence-electron chi connectivity index (χ0n) is 12.4. The first kappa shape index (κ1) is 15.0. The molecular weight excluding hydrogens is 343 g/mol. The molecule has 0 nitrogen and oxygen atoms in total. The van der Waals surface area contributed by atoms with Crippen molar-refractivity contribution < 1.29 is 0 Å². The third kappa shape index (κ3) is 2.85. The summed E-state index contributed by atoms with van der Waals surface area (Å²) in [7, 11) is 0. The van der Waals surface area contributed by atoms with E-state index in [1.54, 1.807) is 6.07 Å². The predicted octanol–water partition coefficient (Wildman–Crippen LogP) is 6.74. The highest BCUT2D eigenvalue weighted by atomic mass is 35.5. The van der Waals surface area contributed by atoms with Gasteiger partial charge in [-0.1, -0.05) is 53.5 Å². The first-order valence-electron chi connectivity index (χ1n) is 7.54. The quantitative estimate of drug-likeness (QED) is 0.452. The van der Waals surface area contributed by atoms with Crippen molar-refractivity contribution in [1.82, 2.24) is 0 Å². The Bertz CT molecular complexity index is 906. The van der Waals surface area contributed by atoms with E-state index in [1.165, 1.54) is 27.1 Å². The lowest BCUT2D eigenvalue weighted by atomic mass is 9.94. The fraction of sp³-hybridized carbons (Fsp3) is 0.100. The molecule has 0 saturated carbocycles. The molecule has 1 aromatic heterocycles. The van der Waals surface area contributed by atoms with Crippen molar-refractivity contribution in [2.75, 3.05) is 0 Å². The monoisotopic (exact) mass is 356 g/mol. The van der Waals surface area contributed by atoms with Gasteiger partial charge in [-0.05, 0) is 70.3 Å². The standard InChI is InChI=1S/C20H14Cl2S/c21-15-7-5-14(19(22)12-15)11-18-16-4-2-1-3-13(16)6-8-20-17(18)9-10-23-20/h1-5,7,9-12H,6,8H2/b18-11-. The summed E-state index contributed by atoms with van der Waals surface area (Å²) >= 11 is 14.3. The molecule has 0 unspecified atom stereocenters. The van der Waals surface area contributed by atoms with Gasteiger partial charge in [0, 0.05) is 14.9 Å². The number of halogens is 2. The molecule has 0 amide bonds. The Morgan fingerprint density at radius 3 is 2.65 bits per heavy atom. The maximum Gasteiger partial charge on any atom is 0.0493 e. The molecule has 114 valence electrons. The van der Waals surface area contributed by atoms with Gasteiger partial charge >= 0.3 is 0 Å². The molecule has 0 N–H and O–H groups in total. The Labute approximate surface area is 150 Å². The summed E-state index contributed by atoms with van der Waals surface area (Å²) in [5.41, 5.74) is 6.27. The van der Waals surface area contributed by atoms with E-state index in [2.05, 4.69) is 41.8 Å². The molecule has 3 heteroatoms. The van der Waals surface area contributed by atoms with Crippen molar-refractivity contribution in [1.29, 1.82) is 0 Å². The Morgan fingerprint density at radius 1 is 0.913 bits per heavy atom. The smallest absolute Gasteiger partial charge is 0.0493 e. The highest BCUT2D eigenvalue weighted by molar-refractivity contribution is 7.10. The van der Waals surface area contributed by atoms with Crippen LogP contribution in [-0.2, 0) is 12.8 Å². The van der Waals surface area contributed by atoms with E-state index in [4.69, 9.17) is 23.2 Å². The number of hydrogen-bond acceptors (Lipinski definition) is 1. The molecule has 1 aliphatic carbocycles. The highest BCUT2D eigenvalue weighted by Crippen LogP contribution is 2.38. The van der Waals surface area contributed by atoms with E-state index in [0.717, 1.165) is 18.4 Å². The maximum absolute atomic E-state index is 6.39. The van der Waals surface area contributed by atoms with Crippen LogP contribution in [0.25, 0.3) is 11.6 Å². The zero-order valence-corrected chi connectivity index (χ0v) is 14.7. The van der Waals surface area contributed by atoms with Crippen LogP contribution in [0.2, 0.25) is 10.0 Å². The average molecular weight is 357 g/mol. The molecule has 0 bridgehead atoms.